The smallest absolute Gasteiger partial charge is 0.00816 e. The van der Waals surface area contributed by atoms with Gasteiger partial charge in [-0.15, -0.1) is 0 Å². The predicted molar refractivity (Wildman–Crippen MR) is 99.3 cm³/mol. The molecule has 0 heterocycles. The zero-order valence-electron chi connectivity index (χ0n) is 15.1. The Morgan fingerprint density at radius 1 is 0.565 bits per heavy atom. The third-order valence-corrected chi connectivity index (χ3v) is 13.5. The first-order valence-electron chi connectivity index (χ1n) is 10.9. The average molecular weight is 330 g/mol. The van der Waals surface area contributed by atoms with Gasteiger partial charge in [0, 0.05) is 0 Å². The molecule has 0 aromatic heterocycles. The Morgan fingerprint density at radius 3 is 1.04 bits per heavy atom. The molecular weight excluding hydrogens is 295 g/mol. The van der Waals surface area contributed by atoms with Gasteiger partial charge in [0.2, 0.25) is 0 Å². The van der Waals surface area contributed by atoms with Crippen LogP contribution >= 0.6 is 7.92 Å². The minimum Gasteiger partial charge on any atom is -0.0942 e. The molecule has 0 spiro atoms. The molecule has 0 atom stereocenters. The molecule has 1 heteroatoms. The zero-order valence-corrected chi connectivity index (χ0v) is 16.0. The molecule has 128 valence electrons. The number of rotatable bonds is 3. The van der Waals surface area contributed by atoms with E-state index in [1.165, 1.54) is 0 Å². The summed E-state index contributed by atoms with van der Waals surface area (Å²) in [6.07, 6.45) is 21.5. The van der Waals surface area contributed by atoms with E-state index in [0.717, 1.165) is 45.8 Å². The minimum absolute atomic E-state index is 0.293. The highest BCUT2D eigenvalue weighted by Crippen LogP contribution is 2.78. The fraction of sp³-hybridized carbons (Fsp3) is 1.00. The van der Waals surface area contributed by atoms with E-state index in [0.29, 0.717) is 7.92 Å². The molecule has 0 aromatic rings. The van der Waals surface area contributed by atoms with E-state index in [4.69, 9.17) is 0 Å². The summed E-state index contributed by atoms with van der Waals surface area (Å²) in [6, 6.07) is 0. The lowest BCUT2D eigenvalue weighted by Crippen LogP contribution is -2.56. The van der Waals surface area contributed by atoms with E-state index in [1.54, 1.807) is 83.2 Å². The SMILES string of the molecule is CCP(C12CC3CC(CC(C3)C1)C2)C12CC3CC(CC(C3)C1)C2. The maximum atomic E-state index is 2.61. The summed E-state index contributed by atoms with van der Waals surface area (Å²) in [5, 5.41) is 1.76. The fourth-order valence-electron chi connectivity index (χ4n) is 9.96. The monoisotopic (exact) mass is 330 g/mol. The highest BCUT2D eigenvalue weighted by molar-refractivity contribution is 7.61. The maximum absolute atomic E-state index is 2.61. The van der Waals surface area contributed by atoms with Crippen molar-refractivity contribution in [1.29, 1.82) is 0 Å². The third-order valence-electron chi connectivity index (χ3n) is 9.47. The average Bonchev–Trinajstić information content (AvgIpc) is 2.43. The highest BCUT2D eigenvalue weighted by Gasteiger charge is 2.61. The fourth-order valence-corrected chi connectivity index (χ4v) is 15.2. The van der Waals surface area contributed by atoms with E-state index in [1.807, 2.05) is 0 Å². The van der Waals surface area contributed by atoms with Crippen LogP contribution in [-0.2, 0) is 0 Å². The molecule has 8 rings (SSSR count). The first kappa shape index (κ1) is 14.6. The molecule has 8 bridgehead atoms. The first-order chi connectivity index (χ1) is 11.2. The Labute approximate surface area is 144 Å². The Balaban J connectivity index is 1.38. The van der Waals surface area contributed by atoms with Crippen molar-refractivity contribution in [3.8, 4) is 0 Å². The number of hydrogen-bond acceptors (Lipinski definition) is 0. The summed E-state index contributed by atoms with van der Waals surface area (Å²) in [5.41, 5.74) is 0. The second-order valence-corrected chi connectivity index (χ2v) is 14.4. The van der Waals surface area contributed by atoms with Gasteiger partial charge in [0.05, 0.1) is 0 Å². The van der Waals surface area contributed by atoms with Crippen LogP contribution in [0.4, 0.5) is 0 Å². The largest absolute Gasteiger partial charge is 0.0942 e. The van der Waals surface area contributed by atoms with Crippen molar-refractivity contribution in [1.82, 2.24) is 0 Å². The second-order valence-electron chi connectivity index (χ2n) is 11.0. The summed E-state index contributed by atoms with van der Waals surface area (Å²) < 4.78 is 0. The Kier molecular flexibility index (Phi) is 3.03. The van der Waals surface area contributed by atoms with Crippen molar-refractivity contribution in [2.24, 2.45) is 35.5 Å². The van der Waals surface area contributed by atoms with Crippen molar-refractivity contribution in [3.05, 3.63) is 0 Å². The summed E-state index contributed by atoms with van der Waals surface area (Å²) in [5.74, 6) is 6.95. The van der Waals surface area contributed by atoms with E-state index in [-0.39, 0.29) is 0 Å². The van der Waals surface area contributed by atoms with Crippen LogP contribution in [0.3, 0.4) is 0 Å². The number of hydrogen-bond donors (Lipinski definition) is 0. The van der Waals surface area contributed by atoms with E-state index in [9.17, 15) is 0 Å². The van der Waals surface area contributed by atoms with Gasteiger partial charge in [-0.3, -0.25) is 0 Å². The van der Waals surface area contributed by atoms with Gasteiger partial charge in [-0.2, -0.15) is 0 Å². The molecule has 0 amide bonds. The van der Waals surface area contributed by atoms with Gasteiger partial charge in [-0.05, 0) is 129 Å². The molecule has 8 aliphatic rings. The molecule has 0 aliphatic heterocycles. The molecule has 0 aromatic carbocycles. The summed E-state index contributed by atoms with van der Waals surface area (Å²) in [4.78, 5) is 0. The minimum atomic E-state index is 0.293. The first-order valence-corrected chi connectivity index (χ1v) is 12.5. The van der Waals surface area contributed by atoms with Gasteiger partial charge in [0.15, 0.2) is 0 Å². The van der Waals surface area contributed by atoms with Crippen LogP contribution in [0.25, 0.3) is 0 Å². The van der Waals surface area contributed by atoms with Crippen molar-refractivity contribution in [2.45, 2.75) is 94.3 Å². The maximum Gasteiger partial charge on any atom is -0.00816 e. The van der Waals surface area contributed by atoms with Crippen molar-refractivity contribution in [3.63, 3.8) is 0 Å². The molecule has 8 aliphatic carbocycles. The molecule has 8 saturated carbocycles. The third kappa shape index (κ3) is 2.00. The molecular formula is C22H35P. The van der Waals surface area contributed by atoms with Gasteiger partial charge < -0.3 is 0 Å². The summed E-state index contributed by atoms with van der Waals surface area (Å²) in [7, 11) is 0.293. The second kappa shape index (κ2) is 4.78. The molecule has 23 heavy (non-hydrogen) atoms. The Bertz CT molecular complexity index is 392. The van der Waals surface area contributed by atoms with Crippen molar-refractivity contribution in [2.75, 3.05) is 6.16 Å². The normalized spacial score (nSPS) is 60.4. The molecule has 0 radical (unpaired) electrons. The van der Waals surface area contributed by atoms with Crippen LogP contribution in [0.2, 0.25) is 0 Å². The molecule has 0 saturated heterocycles. The lowest BCUT2D eigenvalue weighted by atomic mass is 9.55. The molecule has 0 N–H and O–H groups in total. The topological polar surface area (TPSA) is 0 Å². The van der Waals surface area contributed by atoms with Gasteiger partial charge in [-0.25, -0.2) is 0 Å². The van der Waals surface area contributed by atoms with Crippen LogP contribution < -0.4 is 0 Å². The predicted octanol–water partition coefficient (Wildman–Crippen LogP) is 6.43. The zero-order chi connectivity index (χ0) is 15.2. The van der Waals surface area contributed by atoms with Gasteiger partial charge in [0.25, 0.3) is 0 Å². The quantitative estimate of drug-likeness (QED) is 0.523. The van der Waals surface area contributed by atoms with Crippen LogP contribution in [0, 0.1) is 35.5 Å². The van der Waals surface area contributed by atoms with E-state index in [2.05, 4.69) is 6.92 Å². The molecule has 8 fully saturated rings. The van der Waals surface area contributed by atoms with E-state index >= 15 is 0 Å². The van der Waals surface area contributed by atoms with Gasteiger partial charge in [-0.1, -0.05) is 14.8 Å². The van der Waals surface area contributed by atoms with Crippen molar-refractivity contribution >= 4 is 7.92 Å². The van der Waals surface area contributed by atoms with Gasteiger partial charge >= 0.3 is 0 Å². The van der Waals surface area contributed by atoms with Crippen LogP contribution in [0.1, 0.15) is 84.0 Å². The Morgan fingerprint density at radius 2 is 0.826 bits per heavy atom. The lowest BCUT2D eigenvalue weighted by molar-refractivity contribution is 0.0186. The summed E-state index contributed by atoms with van der Waals surface area (Å²) in [6.45, 7) is 2.61. The summed E-state index contributed by atoms with van der Waals surface area (Å²) >= 11 is 0. The highest BCUT2D eigenvalue weighted by atomic mass is 31.1. The molecule has 0 unspecified atom stereocenters. The van der Waals surface area contributed by atoms with Crippen molar-refractivity contribution < 1.29 is 0 Å². The Hall–Kier alpha value is 0.430. The standard InChI is InChI=1S/C22H35P/c1-2-23(21-9-15-3-16(10-21)5-17(4-15)11-21)22-12-18-6-19(13-22)8-20(7-18)14-22/h15-20H,2-14H2,1H3. The van der Waals surface area contributed by atoms with Crippen LogP contribution in [0.15, 0.2) is 0 Å². The van der Waals surface area contributed by atoms with Gasteiger partial charge in [0.1, 0.15) is 0 Å². The van der Waals surface area contributed by atoms with Crippen LogP contribution in [0.5, 0.6) is 0 Å². The lowest BCUT2D eigenvalue weighted by Gasteiger charge is -2.67. The molecule has 0 nitrogen and oxygen atoms in total. The van der Waals surface area contributed by atoms with E-state index < -0.39 is 0 Å². The van der Waals surface area contributed by atoms with Crippen LogP contribution in [-0.4, -0.2) is 16.5 Å².